The molecule has 1 atom stereocenters. The quantitative estimate of drug-likeness (QED) is 0.685. The molecule has 1 aromatic carbocycles. The Balaban J connectivity index is 1.65. The predicted octanol–water partition coefficient (Wildman–Crippen LogP) is 2.63. The van der Waals surface area contributed by atoms with Gasteiger partial charge in [0.05, 0.1) is 25.3 Å². The molecule has 7 nitrogen and oxygen atoms in total. The molecule has 0 aromatic heterocycles. The van der Waals surface area contributed by atoms with Gasteiger partial charge < -0.3 is 24.4 Å². The lowest BCUT2D eigenvalue weighted by molar-refractivity contribution is -0.134. The first-order valence-electron chi connectivity index (χ1n) is 10.5. The van der Waals surface area contributed by atoms with Crippen molar-refractivity contribution >= 4 is 11.8 Å². The third-order valence-electron chi connectivity index (χ3n) is 5.60. The van der Waals surface area contributed by atoms with Gasteiger partial charge in [0, 0.05) is 39.0 Å². The van der Waals surface area contributed by atoms with Crippen LogP contribution in [-0.2, 0) is 9.53 Å². The highest BCUT2D eigenvalue weighted by Crippen LogP contribution is 2.33. The van der Waals surface area contributed by atoms with Crippen LogP contribution in [0.1, 0.15) is 49.4 Å². The topological polar surface area (TPSA) is 77.1 Å². The number of amides is 2. The van der Waals surface area contributed by atoms with E-state index in [-0.39, 0.29) is 29.9 Å². The van der Waals surface area contributed by atoms with Gasteiger partial charge in [-0.3, -0.25) is 9.59 Å². The van der Waals surface area contributed by atoms with E-state index in [1.54, 1.807) is 32.4 Å². The van der Waals surface area contributed by atoms with Gasteiger partial charge in [-0.15, -0.1) is 0 Å². The molecule has 2 amide bonds. The zero-order valence-electron chi connectivity index (χ0n) is 17.6. The number of likely N-dealkylation sites (tertiary alicyclic amines) is 1. The number of ether oxygens (including phenoxy) is 3. The van der Waals surface area contributed by atoms with E-state index >= 15 is 0 Å². The van der Waals surface area contributed by atoms with Crippen LogP contribution in [0.5, 0.6) is 11.5 Å². The summed E-state index contributed by atoms with van der Waals surface area (Å²) in [6.07, 6.45) is 4.36. The van der Waals surface area contributed by atoms with Crippen LogP contribution >= 0.6 is 0 Å². The van der Waals surface area contributed by atoms with Gasteiger partial charge in [0.25, 0.3) is 5.91 Å². The van der Waals surface area contributed by atoms with Crippen LogP contribution in [-0.4, -0.2) is 62.8 Å². The number of rotatable bonds is 9. The van der Waals surface area contributed by atoms with Gasteiger partial charge in [-0.2, -0.15) is 0 Å². The summed E-state index contributed by atoms with van der Waals surface area (Å²) in [4.78, 5) is 27.1. The maximum absolute atomic E-state index is 12.9. The van der Waals surface area contributed by atoms with Crippen molar-refractivity contribution in [3.8, 4) is 11.5 Å². The summed E-state index contributed by atoms with van der Waals surface area (Å²) in [7, 11) is 3.19. The highest BCUT2D eigenvalue weighted by atomic mass is 16.5. The van der Waals surface area contributed by atoms with E-state index in [0.29, 0.717) is 36.8 Å². The maximum atomic E-state index is 12.9. The van der Waals surface area contributed by atoms with Crippen molar-refractivity contribution in [1.82, 2.24) is 10.2 Å². The SMILES string of the molecule is CC[C@H](COC)NC(=O)c1cc(OC)ccc1OC1CCN(C(=O)C2CC2)CC1. The Morgan fingerprint density at radius 1 is 1.17 bits per heavy atom. The monoisotopic (exact) mass is 404 g/mol. The van der Waals surface area contributed by atoms with Crippen molar-refractivity contribution in [3.63, 3.8) is 0 Å². The minimum Gasteiger partial charge on any atom is -0.497 e. The molecule has 0 spiro atoms. The lowest BCUT2D eigenvalue weighted by Crippen LogP contribution is -2.42. The van der Waals surface area contributed by atoms with Crippen molar-refractivity contribution in [1.29, 1.82) is 0 Å². The molecule has 1 saturated carbocycles. The van der Waals surface area contributed by atoms with Gasteiger partial charge >= 0.3 is 0 Å². The molecular formula is C22H32N2O5. The van der Waals surface area contributed by atoms with Gasteiger partial charge in [-0.05, 0) is 37.5 Å². The van der Waals surface area contributed by atoms with Crippen LogP contribution < -0.4 is 14.8 Å². The number of piperidine rings is 1. The van der Waals surface area contributed by atoms with Crippen LogP contribution in [0.25, 0.3) is 0 Å². The Bertz CT molecular complexity index is 711. The number of hydrogen-bond donors (Lipinski definition) is 1. The molecule has 0 radical (unpaired) electrons. The summed E-state index contributed by atoms with van der Waals surface area (Å²) in [5.74, 6) is 1.48. The van der Waals surface area contributed by atoms with Crippen LogP contribution in [0, 0.1) is 5.92 Å². The Morgan fingerprint density at radius 3 is 2.48 bits per heavy atom. The van der Waals surface area contributed by atoms with E-state index in [4.69, 9.17) is 14.2 Å². The van der Waals surface area contributed by atoms with Crippen LogP contribution in [0.4, 0.5) is 0 Å². The summed E-state index contributed by atoms with van der Waals surface area (Å²) < 4.78 is 16.7. The molecule has 1 N–H and O–H groups in total. The second-order valence-electron chi connectivity index (χ2n) is 7.81. The Morgan fingerprint density at radius 2 is 1.90 bits per heavy atom. The minimum atomic E-state index is -0.204. The minimum absolute atomic E-state index is 0.0147. The fourth-order valence-electron chi connectivity index (χ4n) is 3.60. The molecule has 1 aliphatic heterocycles. The molecule has 1 aromatic rings. The lowest BCUT2D eigenvalue weighted by atomic mass is 10.1. The summed E-state index contributed by atoms with van der Waals surface area (Å²) in [5.41, 5.74) is 0.454. The van der Waals surface area contributed by atoms with Gasteiger partial charge in [-0.25, -0.2) is 0 Å². The number of hydrogen-bond acceptors (Lipinski definition) is 5. The molecule has 0 bridgehead atoms. The average Bonchev–Trinajstić information content (AvgIpc) is 3.59. The number of methoxy groups -OCH3 is 2. The second kappa shape index (κ2) is 9.96. The molecule has 1 aliphatic carbocycles. The fourth-order valence-corrected chi connectivity index (χ4v) is 3.60. The molecule has 1 saturated heterocycles. The van der Waals surface area contributed by atoms with E-state index in [2.05, 4.69) is 5.32 Å². The summed E-state index contributed by atoms with van der Waals surface area (Å²) >= 11 is 0. The van der Waals surface area contributed by atoms with Gasteiger partial charge in [-0.1, -0.05) is 6.92 Å². The Labute approximate surface area is 172 Å². The molecular weight excluding hydrogens is 372 g/mol. The van der Waals surface area contributed by atoms with Gasteiger partial charge in [0.2, 0.25) is 5.91 Å². The lowest BCUT2D eigenvalue weighted by Gasteiger charge is -2.32. The van der Waals surface area contributed by atoms with Gasteiger partial charge in [0.1, 0.15) is 17.6 Å². The zero-order chi connectivity index (χ0) is 20.8. The number of nitrogens with one attached hydrogen (secondary N) is 1. The zero-order valence-corrected chi connectivity index (χ0v) is 17.6. The third-order valence-corrected chi connectivity index (χ3v) is 5.60. The Kier molecular flexibility index (Phi) is 7.36. The summed E-state index contributed by atoms with van der Waals surface area (Å²) in [6, 6.07) is 5.22. The molecule has 1 heterocycles. The van der Waals surface area contributed by atoms with E-state index in [9.17, 15) is 9.59 Å². The van der Waals surface area contributed by atoms with Crippen LogP contribution in [0.2, 0.25) is 0 Å². The van der Waals surface area contributed by atoms with Crippen LogP contribution in [0.3, 0.4) is 0 Å². The van der Waals surface area contributed by atoms with E-state index in [0.717, 1.165) is 32.1 Å². The summed E-state index contributed by atoms with van der Waals surface area (Å²) in [5, 5.41) is 3.00. The first-order chi connectivity index (χ1) is 14.0. The predicted molar refractivity (Wildman–Crippen MR) is 109 cm³/mol. The molecule has 2 aliphatic rings. The summed E-state index contributed by atoms with van der Waals surface area (Å²) in [6.45, 7) is 3.88. The standard InChI is InChI=1S/C22H32N2O5/c1-4-16(14-27-2)23-21(25)19-13-18(28-3)7-8-20(19)29-17-9-11-24(12-10-17)22(26)15-5-6-15/h7-8,13,15-17H,4-6,9-12,14H2,1-3H3,(H,23,25)/t16-/m1/s1. The average molecular weight is 405 g/mol. The van der Waals surface area contributed by atoms with E-state index in [1.165, 1.54) is 0 Å². The number of carbonyl (C=O) groups is 2. The van der Waals surface area contributed by atoms with E-state index in [1.807, 2.05) is 11.8 Å². The first-order valence-corrected chi connectivity index (χ1v) is 10.5. The third kappa shape index (κ3) is 5.63. The largest absolute Gasteiger partial charge is 0.497 e. The molecule has 2 fully saturated rings. The van der Waals surface area contributed by atoms with Crippen molar-refractivity contribution < 1.29 is 23.8 Å². The Hall–Kier alpha value is -2.28. The van der Waals surface area contributed by atoms with Crippen LogP contribution in [0.15, 0.2) is 18.2 Å². The molecule has 160 valence electrons. The van der Waals surface area contributed by atoms with Gasteiger partial charge in [0.15, 0.2) is 0 Å². The maximum Gasteiger partial charge on any atom is 0.255 e. The van der Waals surface area contributed by atoms with Crippen molar-refractivity contribution in [2.24, 2.45) is 5.92 Å². The molecule has 7 heteroatoms. The van der Waals surface area contributed by atoms with Crippen molar-refractivity contribution in [3.05, 3.63) is 23.8 Å². The smallest absolute Gasteiger partial charge is 0.255 e. The normalized spacial score (nSPS) is 18.2. The second-order valence-corrected chi connectivity index (χ2v) is 7.81. The van der Waals surface area contributed by atoms with E-state index < -0.39 is 0 Å². The van der Waals surface area contributed by atoms with Crippen molar-refractivity contribution in [2.75, 3.05) is 33.9 Å². The van der Waals surface area contributed by atoms with Crippen molar-refractivity contribution in [2.45, 2.75) is 51.2 Å². The number of nitrogens with zero attached hydrogens (tertiary/aromatic N) is 1. The number of carbonyl (C=O) groups excluding carboxylic acids is 2. The molecule has 0 unspecified atom stereocenters. The fraction of sp³-hybridized carbons (Fsp3) is 0.636. The highest BCUT2D eigenvalue weighted by Gasteiger charge is 2.35. The molecule has 3 rings (SSSR count). The number of benzene rings is 1. The highest BCUT2D eigenvalue weighted by molar-refractivity contribution is 5.97. The first kappa shape index (κ1) is 21.4. The molecule has 29 heavy (non-hydrogen) atoms.